The molecule has 0 saturated heterocycles. The Kier molecular flexibility index (Phi) is 3.62. The van der Waals surface area contributed by atoms with Crippen molar-refractivity contribution < 1.29 is 0 Å². The second kappa shape index (κ2) is 5.72. The van der Waals surface area contributed by atoms with Crippen molar-refractivity contribution >= 4 is 22.5 Å². The second-order valence-corrected chi connectivity index (χ2v) is 5.18. The molecule has 96 valence electrons. The predicted molar refractivity (Wildman–Crippen MR) is 81.3 cm³/mol. The molecule has 2 aromatic carbocycles. The van der Waals surface area contributed by atoms with Gasteiger partial charge in [0.2, 0.25) is 0 Å². The summed E-state index contributed by atoms with van der Waals surface area (Å²) in [6.45, 7) is 0. The van der Waals surface area contributed by atoms with E-state index in [-0.39, 0.29) is 0 Å². The van der Waals surface area contributed by atoms with Crippen LogP contribution in [0.25, 0.3) is 22.0 Å². The summed E-state index contributed by atoms with van der Waals surface area (Å²) in [6.07, 6.45) is 0. The fraction of sp³-hybridized carbons (Fsp3) is 0.0625. The van der Waals surface area contributed by atoms with Crippen LogP contribution in [0.4, 0.5) is 0 Å². The van der Waals surface area contributed by atoms with Crippen molar-refractivity contribution in [3.8, 4) is 17.3 Å². The average molecular weight is 277 g/mol. The molecule has 0 N–H and O–H groups in total. The number of rotatable bonds is 3. The molecule has 3 aromatic rings. The van der Waals surface area contributed by atoms with Crippen molar-refractivity contribution in [3.63, 3.8) is 0 Å². The van der Waals surface area contributed by atoms with Gasteiger partial charge in [0.1, 0.15) is 10.7 Å². The summed E-state index contributed by atoms with van der Waals surface area (Å²) in [5.74, 6) is 0.378. The molecule has 0 spiro atoms. The minimum atomic E-state index is 0.378. The van der Waals surface area contributed by atoms with Crippen LogP contribution in [0.1, 0.15) is 0 Å². The van der Waals surface area contributed by atoms with Gasteiger partial charge in [-0.1, -0.05) is 66.4 Å². The highest BCUT2D eigenvalue weighted by Gasteiger charge is 2.10. The van der Waals surface area contributed by atoms with Crippen molar-refractivity contribution in [2.45, 2.75) is 5.03 Å². The molecule has 0 unspecified atom stereocenters. The lowest BCUT2D eigenvalue weighted by molar-refractivity contribution is 0.962. The van der Waals surface area contributed by atoms with Crippen LogP contribution in [0.15, 0.2) is 59.6 Å². The van der Waals surface area contributed by atoms with E-state index in [0.29, 0.717) is 5.75 Å². The van der Waals surface area contributed by atoms with Gasteiger partial charge in [-0.3, -0.25) is 0 Å². The van der Waals surface area contributed by atoms with Crippen LogP contribution in [0, 0.1) is 11.3 Å². The van der Waals surface area contributed by atoms with Gasteiger partial charge in [0.25, 0.3) is 0 Å². The summed E-state index contributed by atoms with van der Waals surface area (Å²) >= 11 is 1.42. The highest BCUT2D eigenvalue weighted by atomic mass is 32.2. The fourth-order valence-electron chi connectivity index (χ4n) is 2.10. The van der Waals surface area contributed by atoms with Crippen LogP contribution < -0.4 is 0 Å². The molecule has 0 radical (unpaired) electrons. The molecule has 1 heterocycles. The standard InChI is InChI=1S/C16H11N3S/c17-10-11-20-16-14-9-5-4-8-13(14)15(18-19-16)12-6-2-1-3-7-12/h1-9H,11H2. The Morgan fingerprint density at radius 3 is 2.35 bits per heavy atom. The van der Waals surface area contributed by atoms with E-state index in [1.807, 2.05) is 54.6 Å². The number of hydrogen-bond donors (Lipinski definition) is 0. The largest absolute Gasteiger partial charge is 0.197 e. The highest BCUT2D eigenvalue weighted by molar-refractivity contribution is 7.99. The lowest BCUT2D eigenvalue weighted by Gasteiger charge is -2.07. The Morgan fingerprint density at radius 1 is 0.900 bits per heavy atom. The summed E-state index contributed by atoms with van der Waals surface area (Å²) in [6, 6.07) is 20.2. The Morgan fingerprint density at radius 2 is 1.60 bits per heavy atom. The van der Waals surface area contributed by atoms with Crippen molar-refractivity contribution in [3.05, 3.63) is 54.6 Å². The maximum Gasteiger partial charge on any atom is 0.128 e. The quantitative estimate of drug-likeness (QED) is 0.681. The van der Waals surface area contributed by atoms with Gasteiger partial charge in [0.05, 0.1) is 11.8 Å². The molecule has 3 rings (SSSR count). The first kappa shape index (κ1) is 12.6. The summed E-state index contributed by atoms with van der Waals surface area (Å²) in [5, 5.41) is 20.3. The number of fused-ring (bicyclic) bond motifs is 1. The lowest BCUT2D eigenvalue weighted by Crippen LogP contribution is -1.93. The zero-order valence-corrected chi connectivity index (χ0v) is 11.5. The van der Waals surface area contributed by atoms with Crippen LogP contribution in [0.3, 0.4) is 0 Å². The van der Waals surface area contributed by atoms with E-state index in [9.17, 15) is 0 Å². The van der Waals surface area contributed by atoms with Crippen molar-refractivity contribution in [1.82, 2.24) is 10.2 Å². The molecule has 0 aliphatic carbocycles. The van der Waals surface area contributed by atoms with Gasteiger partial charge >= 0.3 is 0 Å². The van der Waals surface area contributed by atoms with E-state index in [2.05, 4.69) is 16.3 Å². The van der Waals surface area contributed by atoms with E-state index in [4.69, 9.17) is 5.26 Å². The van der Waals surface area contributed by atoms with E-state index in [1.165, 1.54) is 11.8 Å². The summed E-state index contributed by atoms with van der Waals surface area (Å²) < 4.78 is 0. The maximum absolute atomic E-state index is 8.71. The van der Waals surface area contributed by atoms with Crippen LogP contribution in [0.2, 0.25) is 0 Å². The van der Waals surface area contributed by atoms with Crippen molar-refractivity contribution in [1.29, 1.82) is 5.26 Å². The van der Waals surface area contributed by atoms with Crippen molar-refractivity contribution in [2.24, 2.45) is 0 Å². The predicted octanol–water partition coefficient (Wildman–Crippen LogP) is 3.91. The molecule has 0 amide bonds. The molecule has 0 fully saturated rings. The Bertz CT molecular complexity index is 779. The summed E-state index contributed by atoms with van der Waals surface area (Å²) in [4.78, 5) is 0. The smallest absolute Gasteiger partial charge is 0.128 e. The molecule has 0 aliphatic rings. The molecule has 3 nitrogen and oxygen atoms in total. The monoisotopic (exact) mass is 277 g/mol. The minimum absolute atomic E-state index is 0.378. The lowest BCUT2D eigenvalue weighted by atomic mass is 10.1. The van der Waals surface area contributed by atoms with E-state index >= 15 is 0 Å². The molecule has 1 aromatic heterocycles. The van der Waals surface area contributed by atoms with Gasteiger partial charge in [-0.15, -0.1) is 10.2 Å². The highest BCUT2D eigenvalue weighted by Crippen LogP contribution is 2.31. The summed E-state index contributed by atoms with van der Waals surface area (Å²) in [5.41, 5.74) is 1.93. The number of nitrogens with zero attached hydrogens (tertiary/aromatic N) is 3. The second-order valence-electron chi connectivity index (χ2n) is 4.21. The zero-order valence-electron chi connectivity index (χ0n) is 10.7. The number of thioether (sulfide) groups is 1. The molecule has 0 aliphatic heterocycles. The van der Waals surface area contributed by atoms with Gasteiger partial charge in [-0.05, 0) is 0 Å². The first-order valence-electron chi connectivity index (χ1n) is 6.21. The number of nitriles is 1. The third-order valence-electron chi connectivity index (χ3n) is 2.97. The molecular weight excluding hydrogens is 266 g/mol. The van der Waals surface area contributed by atoms with Gasteiger partial charge < -0.3 is 0 Å². The van der Waals surface area contributed by atoms with Crippen LogP contribution in [-0.4, -0.2) is 16.0 Å². The summed E-state index contributed by atoms with van der Waals surface area (Å²) in [7, 11) is 0. The van der Waals surface area contributed by atoms with E-state index in [1.54, 1.807) is 0 Å². The minimum Gasteiger partial charge on any atom is -0.197 e. The number of benzene rings is 2. The molecular formula is C16H11N3S. The third-order valence-corrected chi connectivity index (χ3v) is 3.82. The average Bonchev–Trinajstić information content (AvgIpc) is 2.53. The van der Waals surface area contributed by atoms with E-state index < -0.39 is 0 Å². The maximum atomic E-state index is 8.71. The molecule has 0 bridgehead atoms. The van der Waals surface area contributed by atoms with Crippen LogP contribution in [0.5, 0.6) is 0 Å². The first-order chi connectivity index (χ1) is 9.90. The topological polar surface area (TPSA) is 49.6 Å². The van der Waals surface area contributed by atoms with Gasteiger partial charge in [0.15, 0.2) is 0 Å². The van der Waals surface area contributed by atoms with Gasteiger partial charge in [-0.2, -0.15) is 5.26 Å². The first-order valence-corrected chi connectivity index (χ1v) is 7.19. The van der Waals surface area contributed by atoms with Gasteiger partial charge in [0, 0.05) is 16.3 Å². The SMILES string of the molecule is N#CCSc1nnc(-c2ccccc2)c2ccccc12. The molecule has 0 saturated carbocycles. The van der Waals surface area contributed by atoms with Gasteiger partial charge in [-0.25, -0.2) is 0 Å². The third kappa shape index (κ3) is 2.36. The zero-order chi connectivity index (χ0) is 13.8. The van der Waals surface area contributed by atoms with Crippen LogP contribution >= 0.6 is 11.8 Å². The Balaban J connectivity index is 2.19. The molecule has 20 heavy (non-hydrogen) atoms. The van der Waals surface area contributed by atoms with Crippen molar-refractivity contribution in [2.75, 3.05) is 5.75 Å². The molecule has 0 atom stereocenters. The fourth-order valence-corrected chi connectivity index (χ4v) is 2.73. The Hall–Kier alpha value is -2.38. The molecule has 4 heteroatoms. The normalized spacial score (nSPS) is 10.3. The number of aromatic nitrogens is 2. The van der Waals surface area contributed by atoms with Crippen LogP contribution in [-0.2, 0) is 0 Å². The van der Waals surface area contributed by atoms with E-state index in [0.717, 1.165) is 27.1 Å². The number of hydrogen-bond acceptors (Lipinski definition) is 4. The Labute approximate surface area is 121 Å².